The van der Waals surface area contributed by atoms with Crippen LogP contribution in [0, 0.1) is 6.92 Å². The summed E-state index contributed by atoms with van der Waals surface area (Å²) < 4.78 is 85.1. The first-order valence-corrected chi connectivity index (χ1v) is 17.8. The predicted molar refractivity (Wildman–Crippen MR) is 180 cm³/mol. The van der Waals surface area contributed by atoms with Crippen molar-refractivity contribution >= 4 is 44.1 Å². The van der Waals surface area contributed by atoms with Crippen molar-refractivity contribution in [1.29, 1.82) is 0 Å². The number of pyridine rings is 1. The molecule has 2 aromatic heterocycles. The fraction of sp³-hybridized carbons (Fsp3) is 0.303. The molecule has 13 nitrogen and oxygen atoms in total. The van der Waals surface area contributed by atoms with Crippen LogP contribution in [0.4, 0.5) is 18.3 Å². The van der Waals surface area contributed by atoms with Crippen LogP contribution in [0.15, 0.2) is 65.0 Å². The third-order valence-electron chi connectivity index (χ3n) is 7.08. The molecule has 2 aromatic carbocycles. The number of rotatable bonds is 15. The van der Waals surface area contributed by atoms with Gasteiger partial charge in [-0.15, -0.1) is 11.3 Å². The minimum absolute atomic E-state index is 0.00511. The monoisotopic (exact) mass is 750 g/mol. The topological polar surface area (TPSA) is 163 Å². The van der Waals surface area contributed by atoms with Gasteiger partial charge in [0.25, 0.3) is 5.91 Å². The number of thiazole rings is 1. The van der Waals surface area contributed by atoms with E-state index >= 15 is 0 Å². The Morgan fingerprint density at radius 3 is 2.25 bits per heavy atom. The molecule has 4 rings (SSSR count). The zero-order valence-corrected chi connectivity index (χ0v) is 29.4. The number of anilines is 1. The van der Waals surface area contributed by atoms with Crippen LogP contribution in [0.2, 0.25) is 0 Å². The number of esters is 1. The first kappa shape index (κ1) is 38.9. The molecule has 272 valence electrons. The van der Waals surface area contributed by atoms with E-state index in [1.807, 2.05) is 0 Å². The van der Waals surface area contributed by atoms with Crippen molar-refractivity contribution in [3.8, 4) is 28.5 Å². The highest BCUT2D eigenvalue weighted by molar-refractivity contribution is 7.90. The van der Waals surface area contributed by atoms with Gasteiger partial charge in [-0.05, 0) is 55.0 Å². The lowest BCUT2D eigenvalue weighted by molar-refractivity contribution is -0.189. The van der Waals surface area contributed by atoms with Crippen LogP contribution in [-0.4, -0.2) is 94.0 Å². The van der Waals surface area contributed by atoms with E-state index in [-0.39, 0.29) is 33.7 Å². The maximum atomic E-state index is 13.8. The number of aryl methyl sites for hydroxylation is 1. The molecule has 51 heavy (non-hydrogen) atoms. The molecule has 0 aliphatic heterocycles. The Hall–Kier alpha value is -4.91. The van der Waals surface area contributed by atoms with Gasteiger partial charge in [0.1, 0.15) is 5.75 Å². The highest BCUT2D eigenvalue weighted by Gasteiger charge is 2.43. The maximum absolute atomic E-state index is 13.8. The van der Waals surface area contributed by atoms with Crippen molar-refractivity contribution in [3.05, 3.63) is 76.9 Å². The molecule has 18 heteroatoms. The number of hydrogen-bond donors (Lipinski definition) is 1. The van der Waals surface area contributed by atoms with E-state index in [4.69, 9.17) is 18.9 Å². The fourth-order valence-corrected chi connectivity index (χ4v) is 5.89. The summed E-state index contributed by atoms with van der Waals surface area (Å²) in [4.78, 5) is 49.0. The van der Waals surface area contributed by atoms with Gasteiger partial charge in [0, 0.05) is 50.7 Å². The lowest BCUT2D eigenvalue weighted by Crippen LogP contribution is -2.37. The van der Waals surface area contributed by atoms with Gasteiger partial charge in [-0.25, -0.2) is 18.2 Å². The molecule has 0 bridgehead atoms. The van der Waals surface area contributed by atoms with Crippen LogP contribution in [0.3, 0.4) is 0 Å². The number of carbonyl (C=O) groups excluding carboxylic acids is 3. The highest BCUT2D eigenvalue weighted by atomic mass is 32.2. The summed E-state index contributed by atoms with van der Waals surface area (Å²) >= 11 is 0.955. The quantitative estimate of drug-likeness (QED) is 0.127. The number of aromatic nitrogens is 2. The van der Waals surface area contributed by atoms with Gasteiger partial charge in [-0.2, -0.15) is 13.2 Å². The maximum Gasteiger partial charge on any atom is 0.491 e. The molecule has 0 aliphatic carbocycles. The number of amides is 2. The van der Waals surface area contributed by atoms with Gasteiger partial charge >= 0.3 is 12.1 Å². The molecule has 0 saturated carbocycles. The number of sulfone groups is 1. The summed E-state index contributed by atoms with van der Waals surface area (Å²) in [5.74, 6) is -5.34. The van der Waals surface area contributed by atoms with Crippen molar-refractivity contribution in [2.45, 2.75) is 24.4 Å². The Morgan fingerprint density at radius 1 is 1.00 bits per heavy atom. The minimum Gasteiger partial charge on any atom is -0.453 e. The molecular formula is C33H33F3N4O9S2. The Morgan fingerprint density at radius 2 is 1.67 bits per heavy atom. The van der Waals surface area contributed by atoms with Crippen LogP contribution in [-0.2, 0) is 35.3 Å². The van der Waals surface area contributed by atoms with Crippen LogP contribution in [0.25, 0.3) is 11.3 Å². The predicted octanol–water partition coefficient (Wildman–Crippen LogP) is 5.09. The van der Waals surface area contributed by atoms with E-state index in [0.717, 1.165) is 17.6 Å². The van der Waals surface area contributed by atoms with E-state index in [9.17, 15) is 36.0 Å². The molecule has 0 saturated heterocycles. The Labute approximate surface area is 295 Å². The smallest absolute Gasteiger partial charge is 0.453 e. The first-order valence-electron chi connectivity index (χ1n) is 15.0. The standard InChI is InChI=1S/C33H33F3N4O9S2/c1-20-6-5-11-37-28(20)21-16-25(30(42)39-32-38-22(19-50-32)18-27(41)40(12-14-46-2)13-15-47-3)29(49-31(43)33(34,35)36)26(17-21)48-23-7-9-24(10-8-23)51(4,44)45/h5-11,16-17,19H,12-15,18H2,1-4H3,(H,38,39,42). The van der Waals surface area contributed by atoms with Crippen molar-refractivity contribution in [3.63, 3.8) is 0 Å². The van der Waals surface area contributed by atoms with E-state index in [1.54, 1.807) is 19.1 Å². The van der Waals surface area contributed by atoms with Crippen molar-refractivity contribution in [1.82, 2.24) is 14.9 Å². The van der Waals surface area contributed by atoms with Crippen LogP contribution >= 0.6 is 11.3 Å². The molecule has 2 amide bonds. The van der Waals surface area contributed by atoms with Crippen LogP contribution in [0.5, 0.6) is 17.2 Å². The summed E-state index contributed by atoms with van der Waals surface area (Å²) in [5, 5.41) is 4.03. The fourth-order valence-electron chi connectivity index (χ4n) is 4.55. The number of halogens is 3. The van der Waals surface area contributed by atoms with Crippen molar-refractivity contribution in [2.75, 3.05) is 52.1 Å². The Kier molecular flexibility index (Phi) is 12.9. The average molecular weight is 751 g/mol. The number of methoxy groups -OCH3 is 2. The number of ether oxygens (including phenoxy) is 4. The lowest BCUT2D eigenvalue weighted by Gasteiger charge is -2.21. The molecule has 1 N–H and O–H groups in total. The van der Waals surface area contributed by atoms with E-state index < -0.39 is 45.0 Å². The van der Waals surface area contributed by atoms with Gasteiger partial charge < -0.3 is 23.8 Å². The molecule has 0 radical (unpaired) electrons. The number of hydrogen-bond acceptors (Lipinski definition) is 12. The third kappa shape index (κ3) is 10.5. The van der Waals surface area contributed by atoms with Crippen LogP contribution < -0.4 is 14.8 Å². The van der Waals surface area contributed by atoms with Gasteiger partial charge in [-0.3, -0.25) is 19.9 Å². The first-order chi connectivity index (χ1) is 24.1. The van der Waals surface area contributed by atoms with Gasteiger partial charge in [-0.1, -0.05) is 6.07 Å². The number of nitrogens with one attached hydrogen (secondary N) is 1. The molecule has 0 atom stereocenters. The number of alkyl halides is 3. The van der Waals surface area contributed by atoms with E-state index in [0.29, 0.717) is 43.3 Å². The number of carbonyl (C=O) groups is 3. The zero-order valence-electron chi connectivity index (χ0n) is 27.8. The summed E-state index contributed by atoms with van der Waals surface area (Å²) in [6, 6.07) is 10.7. The van der Waals surface area contributed by atoms with E-state index in [1.165, 1.54) is 67.1 Å². The molecule has 0 fully saturated rings. The highest BCUT2D eigenvalue weighted by Crippen LogP contribution is 2.41. The Bertz CT molecular complexity index is 1980. The normalized spacial score (nSPS) is 11.6. The number of benzene rings is 2. The summed E-state index contributed by atoms with van der Waals surface area (Å²) in [6.07, 6.45) is -3.12. The molecule has 4 aromatic rings. The largest absolute Gasteiger partial charge is 0.491 e. The average Bonchev–Trinajstić information content (AvgIpc) is 3.51. The van der Waals surface area contributed by atoms with Gasteiger partial charge in [0.2, 0.25) is 5.91 Å². The lowest BCUT2D eigenvalue weighted by atomic mass is 10.0. The minimum atomic E-state index is -5.45. The van der Waals surface area contributed by atoms with Crippen LogP contribution in [0.1, 0.15) is 21.6 Å². The van der Waals surface area contributed by atoms with Gasteiger partial charge in [0.15, 0.2) is 26.5 Å². The van der Waals surface area contributed by atoms with Gasteiger partial charge in [0.05, 0.1) is 41.5 Å². The molecular weight excluding hydrogens is 718 g/mol. The summed E-state index contributed by atoms with van der Waals surface area (Å²) in [5.41, 5.74) is 0.940. The molecule has 0 aliphatic rings. The van der Waals surface area contributed by atoms with Crippen molar-refractivity contribution in [2.24, 2.45) is 0 Å². The SMILES string of the molecule is COCCN(CCOC)C(=O)Cc1csc(NC(=O)c2cc(-c3ncccc3C)cc(Oc3ccc(S(C)(=O)=O)cc3)c2OC(=O)C(F)(F)F)n1. The number of nitrogens with zero attached hydrogens (tertiary/aromatic N) is 3. The molecule has 2 heterocycles. The second-order valence-electron chi connectivity index (χ2n) is 10.9. The zero-order chi connectivity index (χ0) is 37.3. The Balaban J connectivity index is 1.74. The van der Waals surface area contributed by atoms with Crippen molar-refractivity contribution < 1.29 is 54.9 Å². The summed E-state index contributed by atoms with van der Waals surface area (Å²) in [7, 11) is -0.584. The third-order valence-corrected chi connectivity index (χ3v) is 9.01. The van der Waals surface area contributed by atoms with E-state index in [2.05, 4.69) is 15.3 Å². The molecule has 0 unspecified atom stereocenters. The second-order valence-corrected chi connectivity index (χ2v) is 13.8. The molecule has 0 spiro atoms. The summed E-state index contributed by atoms with van der Waals surface area (Å²) in [6.45, 7) is 2.93. The second kappa shape index (κ2) is 16.9.